The van der Waals surface area contributed by atoms with Crippen LogP contribution in [-0.2, 0) is 6.54 Å². The fraction of sp³-hybridized carbons (Fsp3) is 0.750. The summed E-state index contributed by atoms with van der Waals surface area (Å²) in [5.74, 6) is 0. The molecular weight excluding hydrogens is 166 g/mol. The number of aromatic nitrogens is 3. The lowest BCUT2D eigenvalue weighted by atomic mass is 10.3. The smallest absolute Gasteiger partial charge is 0.0692 e. The van der Waals surface area contributed by atoms with Crippen LogP contribution in [0.2, 0.25) is 0 Å². The SMILES string of the molecule is CC(CN)NCCCn1ccnn1. The van der Waals surface area contributed by atoms with Gasteiger partial charge in [-0.05, 0) is 19.9 Å². The number of nitrogens with one attached hydrogen (secondary N) is 1. The number of aryl methyl sites for hydroxylation is 1. The highest BCUT2D eigenvalue weighted by molar-refractivity contribution is 4.65. The standard InChI is InChI=1S/C8H17N5/c1-8(7-9)10-3-2-5-13-6-4-11-12-13/h4,6,8,10H,2-3,5,7,9H2,1H3. The van der Waals surface area contributed by atoms with E-state index in [1.807, 2.05) is 10.9 Å². The third-order valence-corrected chi connectivity index (χ3v) is 1.88. The maximum Gasteiger partial charge on any atom is 0.0692 e. The fourth-order valence-corrected chi connectivity index (χ4v) is 1.02. The first-order chi connectivity index (χ1) is 6.33. The predicted octanol–water partition coefficient (Wildman–Crippen LogP) is -0.395. The number of nitrogens with zero attached hydrogens (tertiary/aromatic N) is 3. The Morgan fingerprint density at radius 1 is 1.62 bits per heavy atom. The van der Waals surface area contributed by atoms with Crippen molar-refractivity contribution in [1.29, 1.82) is 0 Å². The summed E-state index contributed by atoms with van der Waals surface area (Å²) >= 11 is 0. The van der Waals surface area contributed by atoms with Crippen molar-refractivity contribution >= 4 is 0 Å². The molecule has 0 aliphatic rings. The monoisotopic (exact) mass is 183 g/mol. The van der Waals surface area contributed by atoms with Crippen LogP contribution in [0.5, 0.6) is 0 Å². The molecule has 0 radical (unpaired) electrons. The zero-order valence-corrected chi connectivity index (χ0v) is 7.98. The molecular formula is C8H17N5. The highest BCUT2D eigenvalue weighted by Crippen LogP contribution is 1.86. The Morgan fingerprint density at radius 3 is 3.08 bits per heavy atom. The van der Waals surface area contributed by atoms with Crippen molar-refractivity contribution in [3.05, 3.63) is 12.4 Å². The molecule has 5 nitrogen and oxygen atoms in total. The summed E-state index contributed by atoms with van der Waals surface area (Å²) in [5, 5.41) is 10.9. The summed E-state index contributed by atoms with van der Waals surface area (Å²) in [7, 11) is 0. The van der Waals surface area contributed by atoms with Crippen molar-refractivity contribution < 1.29 is 0 Å². The average Bonchev–Trinajstić information content (AvgIpc) is 2.64. The van der Waals surface area contributed by atoms with E-state index in [1.165, 1.54) is 0 Å². The van der Waals surface area contributed by atoms with Gasteiger partial charge in [-0.15, -0.1) is 5.10 Å². The van der Waals surface area contributed by atoms with Crippen molar-refractivity contribution in [2.24, 2.45) is 5.73 Å². The van der Waals surface area contributed by atoms with Gasteiger partial charge < -0.3 is 11.1 Å². The summed E-state index contributed by atoms with van der Waals surface area (Å²) in [5.41, 5.74) is 5.46. The van der Waals surface area contributed by atoms with Gasteiger partial charge in [-0.25, -0.2) is 0 Å². The van der Waals surface area contributed by atoms with Gasteiger partial charge in [0.2, 0.25) is 0 Å². The van der Waals surface area contributed by atoms with Crippen LogP contribution in [0.25, 0.3) is 0 Å². The van der Waals surface area contributed by atoms with E-state index >= 15 is 0 Å². The van der Waals surface area contributed by atoms with E-state index in [2.05, 4.69) is 22.6 Å². The van der Waals surface area contributed by atoms with Gasteiger partial charge in [0.15, 0.2) is 0 Å². The summed E-state index contributed by atoms with van der Waals surface area (Å²) in [6, 6.07) is 0.399. The van der Waals surface area contributed by atoms with Gasteiger partial charge in [-0.3, -0.25) is 4.68 Å². The largest absolute Gasteiger partial charge is 0.329 e. The minimum atomic E-state index is 0.399. The van der Waals surface area contributed by atoms with Gasteiger partial charge >= 0.3 is 0 Å². The van der Waals surface area contributed by atoms with Crippen LogP contribution in [0, 0.1) is 0 Å². The van der Waals surface area contributed by atoms with E-state index in [0.717, 1.165) is 19.5 Å². The van der Waals surface area contributed by atoms with E-state index in [9.17, 15) is 0 Å². The van der Waals surface area contributed by atoms with Gasteiger partial charge in [0.1, 0.15) is 0 Å². The molecule has 0 aliphatic carbocycles. The predicted molar refractivity (Wildman–Crippen MR) is 51.2 cm³/mol. The van der Waals surface area contributed by atoms with Crippen LogP contribution in [0.4, 0.5) is 0 Å². The Kier molecular flexibility index (Phi) is 4.42. The molecule has 0 saturated heterocycles. The van der Waals surface area contributed by atoms with E-state index in [0.29, 0.717) is 12.6 Å². The Morgan fingerprint density at radius 2 is 2.46 bits per heavy atom. The molecule has 0 saturated carbocycles. The van der Waals surface area contributed by atoms with E-state index < -0.39 is 0 Å². The third kappa shape index (κ3) is 4.00. The maximum absolute atomic E-state index is 5.46. The maximum atomic E-state index is 5.46. The highest BCUT2D eigenvalue weighted by Gasteiger charge is 1.96. The molecule has 74 valence electrons. The molecule has 0 aromatic carbocycles. The van der Waals surface area contributed by atoms with Crippen molar-refractivity contribution in [3.63, 3.8) is 0 Å². The number of hydrogen-bond acceptors (Lipinski definition) is 4. The number of hydrogen-bond donors (Lipinski definition) is 2. The average molecular weight is 183 g/mol. The molecule has 0 bridgehead atoms. The van der Waals surface area contributed by atoms with Gasteiger partial charge in [-0.2, -0.15) is 0 Å². The second-order valence-electron chi connectivity index (χ2n) is 3.11. The van der Waals surface area contributed by atoms with Gasteiger partial charge in [0.25, 0.3) is 0 Å². The summed E-state index contributed by atoms with van der Waals surface area (Å²) in [4.78, 5) is 0. The van der Waals surface area contributed by atoms with Gasteiger partial charge in [0, 0.05) is 25.3 Å². The van der Waals surface area contributed by atoms with E-state index in [-0.39, 0.29) is 0 Å². The Balaban J connectivity index is 2.02. The lowest BCUT2D eigenvalue weighted by Crippen LogP contribution is -2.34. The molecule has 1 aromatic heterocycles. The lowest BCUT2D eigenvalue weighted by molar-refractivity contribution is 0.494. The van der Waals surface area contributed by atoms with E-state index in [1.54, 1.807) is 6.20 Å². The third-order valence-electron chi connectivity index (χ3n) is 1.88. The van der Waals surface area contributed by atoms with Crippen molar-refractivity contribution in [2.45, 2.75) is 25.9 Å². The molecule has 1 heterocycles. The topological polar surface area (TPSA) is 68.8 Å². The number of rotatable bonds is 6. The van der Waals surface area contributed by atoms with Crippen LogP contribution in [-0.4, -0.2) is 34.1 Å². The van der Waals surface area contributed by atoms with Crippen molar-refractivity contribution in [3.8, 4) is 0 Å². The van der Waals surface area contributed by atoms with Gasteiger partial charge in [-0.1, -0.05) is 5.21 Å². The quantitative estimate of drug-likeness (QED) is 0.589. The summed E-state index contributed by atoms with van der Waals surface area (Å²) in [6.07, 6.45) is 4.61. The highest BCUT2D eigenvalue weighted by atomic mass is 15.4. The Bertz CT molecular complexity index is 208. The molecule has 1 atom stereocenters. The van der Waals surface area contributed by atoms with Crippen LogP contribution in [0.15, 0.2) is 12.4 Å². The first-order valence-electron chi connectivity index (χ1n) is 4.60. The second-order valence-corrected chi connectivity index (χ2v) is 3.11. The molecule has 0 spiro atoms. The molecule has 0 aliphatic heterocycles. The Hall–Kier alpha value is -0.940. The summed E-state index contributed by atoms with van der Waals surface area (Å²) < 4.78 is 1.83. The van der Waals surface area contributed by atoms with E-state index in [4.69, 9.17) is 5.73 Å². The Labute approximate surface area is 78.3 Å². The van der Waals surface area contributed by atoms with Crippen LogP contribution in [0.1, 0.15) is 13.3 Å². The van der Waals surface area contributed by atoms with Gasteiger partial charge in [0.05, 0.1) is 6.20 Å². The molecule has 0 fully saturated rings. The fourth-order valence-electron chi connectivity index (χ4n) is 1.02. The molecule has 1 rings (SSSR count). The van der Waals surface area contributed by atoms with Crippen molar-refractivity contribution in [2.75, 3.05) is 13.1 Å². The summed E-state index contributed by atoms with van der Waals surface area (Å²) in [6.45, 7) is 4.64. The zero-order valence-electron chi connectivity index (χ0n) is 7.98. The first kappa shape index (κ1) is 10.1. The molecule has 3 N–H and O–H groups in total. The minimum Gasteiger partial charge on any atom is -0.329 e. The second kappa shape index (κ2) is 5.66. The lowest BCUT2D eigenvalue weighted by Gasteiger charge is -2.10. The first-order valence-corrected chi connectivity index (χ1v) is 4.60. The van der Waals surface area contributed by atoms with Crippen LogP contribution >= 0.6 is 0 Å². The van der Waals surface area contributed by atoms with Crippen molar-refractivity contribution in [1.82, 2.24) is 20.3 Å². The zero-order chi connectivity index (χ0) is 9.52. The van der Waals surface area contributed by atoms with Crippen LogP contribution in [0.3, 0.4) is 0 Å². The molecule has 1 aromatic rings. The molecule has 1 unspecified atom stereocenters. The normalized spacial score (nSPS) is 13.1. The molecule has 13 heavy (non-hydrogen) atoms. The number of nitrogens with two attached hydrogens (primary N) is 1. The molecule has 0 amide bonds. The molecule has 5 heteroatoms. The minimum absolute atomic E-state index is 0.399. The van der Waals surface area contributed by atoms with Crippen LogP contribution < -0.4 is 11.1 Å².